The van der Waals surface area contributed by atoms with Gasteiger partial charge in [-0.25, -0.2) is 4.79 Å². The summed E-state index contributed by atoms with van der Waals surface area (Å²) in [6.45, 7) is 3.80. The van der Waals surface area contributed by atoms with E-state index in [1.165, 1.54) is 6.20 Å². The lowest BCUT2D eigenvalue weighted by Gasteiger charge is -2.32. The lowest BCUT2D eigenvalue weighted by molar-refractivity contribution is 0.0526. The quantitative estimate of drug-likeness (QED) is 0.477. The number of esters is 1. The van der Waals surface area contributed by atoms with Crippen LogP contribution in [0.25, 0.3) is 11.3 Å². The number of rotatable bonds is 6. The highest BCUT2D eigenvalue weighted by atomic mass is 79.9. The number of piperidine rings is 1. The molecule has 8 heteroatoms. The van der Waals surface area contributed by atoms with E-state index in [0.717, 1.165) is 47.5 Å². The fourth-order valence-electron chi connectivity index (χ4n) is 3.49. The fraction of sp³-hybridized carbons (Fsp3) is 0.304. The Morgan fingerprint density at radius 2 is 1.97 bits per heavy atom. The summed E-state index contributed by atoms with van der Waals surface area (Å²) in [5.41, 5.74) is 1.79. The molecule has 0 saturated carbocycles. The number of anilines is 1. The van der Waals surface area contributed by atoms with Gasteiger partial charge < -0.3 is 14.4 Å². The van der Waals surface area contributed by atoms with Crippen molar-refractivity contribution < 1.29 is 14.3 Å². The maximum absolute atomic E-state index is 11.9. The number of hydrogen-bond donors (Lipinski definition) is 0. The first-order chi connectivity index (χ1) is 15.1. The van der Waals surface area contributed by atoms with E-state index in [2.05, 4.69) is 36.0 Å². The number of nitrogens with zero attached hydrogens (tertiary/aromatic N) is 4. The molecule has 3 aromatic rings. The summed E-state index contributed by atoms with van der Waals surface area (Å²) in [7, 11) is 0. The lowest BCUT2D eigenvalue weighted by Crippen LogP contribution is -2.38. The Labute approximate surface area is 189 Å². The maximum atomic E-state index is 11.9. The van der Waals surface area contributed by atoms with Gasteiger partial charge in [0.1, 0.15) is 11.9 Å². The summed E-state index contributed by atoms with van der Waals surface area (Å²) in [6.07, 6.45) is 5.18. The molecule has 1 saturated heterocycles. The Hall–Kier alpha value is -3.00. The second-order valence-electron chi connectivity index (χ2n) is 7.22. The van der Waals surface area contributed by atoms with Crippen LogP contribution in [0.3, 0.4) is 0 Å². The number of halogens is 1. The van der Waals surface area contributed by atoms with Gasteiger partial charge in [0.25, 0.3) is 0 Å². The fourth-order valence-corrected chi connectivity index (χ4v) is 3.87. The van der Waals surface area contributed by atoms with E-state index in [4.69, 9.17) is 9.47 Å². The Balaban J connectivity index is 1.37. The van der Waals surface area contributed by atoms with Gasteiger partial charge in [-0.2, -0.15) is 0 Å². The topological polar surface area (TPSA) is 77.4 Å². The summed E-state index contributed by atoms with van der Waals surface area (Å²) in [4.78, 5) is 18.3. The van der Waals surface area contributed by atoms with Crippen LogP contribution >= 0.6 is 15.9 Å². The Morgan fingerprint density at radius 3 is 2.68 bits per heavy atom. The van der Waals surface area contributed by atoms with Crippen LogP contribution in [0.2, 0.25) is 0 Å². The molecule has 0 N–H and O–H groups in total. The van der Waals surface area contributed by atoms with E-state index >= 15 is 0 Å². The SMILES string of the molecule is CCOC(=O)c1cncc(-c2ccc(N3CCC(Oc4cccc(Br)c4)CC3)nn2)c1. The number of carbonyl (C=O) groups is 1. The molecule has 0 amide bonds. The van der Waals surface area contributed by atoms with Gasteiger partial charge in [0, 0.05) is 48.4 Å². The molecular weight excluding hydrogens is 460 g/mol. The van der Waals surface area contributed by atoms with E-state index in [-0.39, 0.29) is 6.10 Å². The Morgan fingerprint density at radius 1 is 1.13 bits per heavy atom. The molecule has 31 heavy (non-hydrogen) atoms. The van der Waals surface area contributed by atoms with Crippen molar-refractivity contribution in [2.24, 2.45) is 0 Å². The van der Waals surface area contributed by atoms with Crippen LogP contribution in [0.4, 0.5) is 5.82 Å². The minimum Gasteiger partial charge on any atom is -0.490 e. The summed E-state index contributed by atoms with van der Waals surface area (Å²) in [6, 6.07) is 13.5. The molecular formula is C23H23BrN4O3. The zero-order valence-electron chi connectivity index (χ0n) is 17.2. The van der Waals surface area contributed by atoms with Crippen LogP contribution in [0, 0.1) is 0 Å². The van der Waals surface area contributed by atoms with Crippen LogP contribution < -0.4 is 9.64 Å². The first kappa shape index (κ1) is 21.2. The van der Waals surface area contributed by atoms with E-state index in [1.54, 1.807) is 19.2 Å². The summed E-state index contributed by atoms with van der Waals surface area (Å²) in [5.74, 6) is 1.32. The van der Waals surface area contributed by atoms with E-state index < -0.39 is 5.97 Å². The Bertz CT molecular complexity index is 1040. The average Bonchev–Trinajstić information content (AvgIpc) is 2.80. The minimum atomic E-state index is -0.394. The highest BCUT2D eigenvalue weighted by Gasteiger charge is 2.22. The van der Waals surface area contributed by atoms with Crippen LogP contribution in [0.15, 0.2) is 59.3 Å². The van der Waals surface area contributed by atoms with Crippen LogP contribution in [-0.4, -0.2) is 47.0 Å². The molecule has 4 rings (SSSR count). The Kier molecular flexibility index (Phi) is 6.76. The van der Waals surface area contributed by atoms with Gasteiger partial charge in [0.15, 0.2) is 5.82 Å². The number of ether oxygens (including phenoxy) is 2. The molecule has 0 bridgehead atoms. The normalized spacial score (nSPS) is 14.3. The van der Waals surface area contributed by atoms with Gasteiger partial charge in [-0.3, -0.25) is 4.98 Å². The molecule has 1 aliphatic heterocycles. The predicted molar refractivity (Wildman–Crippen MR) is 121 cm³/mol. The minimum absolute atomic E-state index is 0.189. The van der Waals surface area contributed by atoms with Crippen LogP contribution in [-0.2, 0) is 4.74 Å². The zero-order valence-corrected chi connectivity index (χ0v) is 18.8. The third kappa shape index (κ3) is 5.38. The highest BCUT2D eigenvalue weighted by Crippen LogP contribution is 2.25. The molecule has 7 nitrogen and oxygen atoms in total. The second kappa shape index (κ2) is 9.87. The summed E-state index contributed by atoms with van der Waals surface area (Å²) < 4.78 is 12.2. The molecule has 160 valence electrons. The largest absolute Gasteiger partial charge is 0.490 e. The molecule has 1 aliphatic rings. The van der Waals surface area contributed by atoms with E-state index in [9.17, 15) is 4.79 Å². The number of aromatic nitrogens is 3. The van der Waals surface area contributed by atoms with Gasteiger partial charge >= 0.3 is 5.97 Å². The van der Waals surface area contributed by atoms with Crippen molar-refractivity contribution in [3.8, 4) is 17.0 Å². The van der Waals surface area contributed by atoms with Crippen molar-refractivity contribution in [1.82, 2.24) is 15.2 Å². The molecule has 0 aliphatic carbocycles. The van der Waals surface area contributed by atoms with Gasteiger partial charge in [-0.1, -0.05) is 22.0 Å². The third-order valence-corrected chi connectivity index (χ3v) is 5.55. The maximum Gasteiger partial charge on any atom is 0.339 e. The van der Waals surface area contributed by atoms with Crippen molar-refractivity contribution in [2.45, 2.75) is 25.9 Å². The molecule has 3 heterocycles. The lowest BCUT2D eigenvalue weighted by atomic mass is 10.1. The van der Waals surface area contributed by atoms with Crippen molar-refractivity contribution in [3.05, 3.63) is 64.9 Å². The number of benzene rings is 1. The first-order valence-corrected chi connectivity index (χ1v) is 11.0. The van der Waals surface area contributed by atoms with E-state index in [1.807, 2.05) is 36.4 Å². The van der Waals surface area contributed by atoms with E-state index in [0.29, 0.717) is 17.9 Å². The second-order valence-corrected chi connectivity index (χ2v) is 8.14. The van der Waals surface area contributed by atoms with Crippen molar-refractivity contribution in [2.75, 3.05) is 24.6 Å². The summed E-state index contributed by atoms with van der Waals surface area (Å²) >= 11 is 3.48. The van der Waals surface area contributed by atoms with Gasteiger partial charge in [-0.15, -0.1) is 10.2 Å². The van der Waals surface area contributed by atoms with Crippen molar-refractivity contribution in [3.63, 3.8) is 0 Å². The molecule has 0 unspecified atom stereocenters. The number of carbonyl (C=O) groups excluding carboxylic acids is 1. The molecule has 0 atom stereocenters. The van der Waals surface area contributed by atoms with Gasteiger partial charge in [0.05, 0.1) is 17.9 Å². The first-order valence-electron chi connectivity index (χ1n) is 10.3. The van der Waals surface area contributed by atoms with Crippen molar-refractivity contribution in [1.29, 1.82) is 0 Å². The average molecular weight is 483 g/mol. The zero-order chi connectivity index (χ0) is 21.6. The van der Waals surface area contributed by atoms with Crippen molar-refractivity contribution >= 4 is 27.7 Å². The third-order valence-electron chi connectivity index (χ3n) is 5.06. The van der Waals surface area contributed by atoms with Crippen LogP contribution in [0.1, 0.15) is 30.1 Å². The standard InChI is InChI=1S/C23H23BrN4O3/c1-2-30-23(29)17-12-16(14-25-15-17)21-6-7-22(27-26-21)28-10-8-19(9-11-28)31-20-5-3-4-18(24)13-20/h3-7,12-15,19H,2,8-11H2,1H3. The van der Waals surface area contributed by atoms with Gasteiger partial charge in [-0.05, 0) is 43.3 Å². The molecule has 1 aromatic carbocycles. The molecule has 1 fully saturated rings. The molecule has 2 aromatic heterocycles. The highest BCUT2D eigenvalue weighted by molar-refractivity contribution is 9.10. The summed E-state index contributed by atoms with van der Waals surface area (Å²) in [5, 5.41) is 8.74. The predicted octanol–water partition coefficient (Wildman–Crippen LogP) is 4.53. The molecule has 0 spiro atoms. The smallest absolute Gasteiger partial charge is 0.339 e. The monoisotopic (exact) mass is 482 g/mol. The van der Waals surface area contributed by atoms with Gasteiger partial charge in [0.2, 0.25) is 0 Å². The number of pyridine rings is 1. The molecule has 0 radical (unpaired) electrons. The van der Waals surface area contributed by atoms with Crippen LogP contribution in [0.5, 0.6) is 5.75 Å². The number of hydrogen-bond acceptors (Lipinski definition) is 7.